The Labute approximate surface area is 246 Å². The van der Waals surface area contributed by atoms with Gasteiger partial charge in [-0.05, 0) is 45.5 Å². The van der Waals surface area contributed by atoms with Crippen LogP contribution in [0.3, 0.4) is 0 Å². The van der Waals surface area contributed by atoms with Crippen molar-refractivity contribution in [2.24, 2.45) is 0 Å². The van der Waals surface area contributed by atoms with E-state index in [1.54, 1.807) is 14.2 Å². The minimum atomic E-state index is -1.08. The molecule has 2 heterocycles. The fourth-order valence-electron chi connectivity index (χ4n) is 6.65. The highest BCUT2D eigenvalue weighted by molar-refractivity contribution is 5.75. The Morgan fingerprint density at radius 1 is 0.405 bits per heavy atom. The van der Waals surface area contributed by atoms with Crippen molar-refractivity contribution in [3.63, 3.8) is 0 Å². The maximum Gasteiger partial charge on any atom is 0.157 e. The van der Waals surface area contributed by atoms with E-state index >= 15 is 0 Å². The Bertz CT molecular complexity index is 1700. The molecule has 1 aliphatic rings. The lowest BCUT2D eigenvalue weighted by molar-refractivity contribution is -0.155. The molecule has 0 saturated carbocycles. The van der Waals surface area contributed by atoms with E-state index in [4.69, 9.17) is 19.4 Å². The second-order valence-electron chi connectivity index (χ2n) is 10.5. The zero-order valence-corrected chi connectivity index (χ0v) is 23.6. The van der Waals surface area contributed by atoms with Crippen molar-refractivity contribution >= 4 is 0 Å². The van der Waals surface area contributed by atoms with Crippen LogP contribution >= 0.6 is 0 Å². The molecule has 0 saturated heterocycles. The summed E-state index contributed by atoms with van der Waals surface area (Å²) in [5, 5.41) is 0. The van der Waals surface area contributed by atoms with Crippen molar-refractivity contribution < 1.29 is 9.47 Å². The number of hydrogen-bond acceptors (Lipinski definition) is 4. The molecule has 0 N–H and O–H groups in total. The van der Waals surface area contributed by atoms with E-state index in [0.717, 1.165) is 55.9 Å². The van der Waals surface area contributed by atoms with Gasteiger partial charge < -0.3 is 9.47 Å². The Morgan fingerprint density at radius 2 is 0.762 bits per heavy atom. The van der Waals surface area contributed by atoms with Crippen LogP contribution in [0.25, 0.3) is 33.6 Å². The predicted molar refractivity (Wildman–Crippen MR) is 167 cm³/mol. The van der Waals surface area contributed by atoms with E-state index in [9.17, 15) is 0 Å². The Hall–Kier alpha value is -4.90. The predicted octanol–water partition coefficient (Wildman–Crippen LogP) is 8.27. The van der Waals surface area contributed by atoms with Gasteiger partial charge in [0.1, 0.15) is 0 Å². The molecule has 1 aliphatic carbocycles. The standard InChI is InChI=1S/C38H30N2O2/c1-41-37(31-21-17-29(18-22-31)27-11-5-3-6-12-27)33-15-9-25-39-35(33)36-34(16-10-26-40-36)38(37,42-2)32-23-19-30(20-24-32)28-13-7-4-8-14-28/h3-26H,1-2H3/t37-,38-/m1/s1. The fourth-order valence-corrected chi connectivity index (χ4v) is 6.65. The third-order valence-electron chi connectivity index (χ3n) is 8.50. The number of hydrogen-bond donors (Lipinski definition) is 0. The molecule has 6 aromatic rings. The van der Waals surface area contributed by atoms with Gasteiger partial charge in [0.15, 0.2) is 11.2 Å². The molecule has 204 valence electrons. The van der Waals surface area contributed by atoms with Crippen LogP contribution in [-0.4, -0.2) is 24.2 Å². The number of ether oxygens (including phenoxy) is 2. The lowest BCUT2D eigenvalue weighted by Gasteiger charge is -2.52. The van der Waals surface area contributed by atoms with Gasteiger partial charge in [-0.3, -0.25) is 9.97 Å². The lowest BCUT2D eigenvalue weighted by Crippen LogP contribution is -2.56. The van der Waals surface area contributed by atoms with E-state index in [1.807, 2.05) is 36.7 Å². The van der Waals surface area contributed by atoms with Crippen LogP contribution in [-0.2, 0) is 20.7 Å². The molecule has 0 amide bonds. The number of benzene rings is 4. The van der Waals surface area contributed by atoms with Gasteiger partial charge >= 0.3 is 0 Å². The lowest BCUT2D eigenvalue weighted by atomic mass is 9.61. The molecular formula is C38H30N2O2. The normalized spacial score (nSPS) is 19.1. The van der Waals surface area contributed by atoms with Crippen molar-refractivity contribution in [3.8, 4) is 33.6 Å². The maximum atomic E-state index is 6.78. The SMILES string of the molecule is CO[C@]1(c2ccc(-c3ccccc3)cc2)c2cccnc2-c2ncccc2[C@]1(OC)c1ccc(-c2ccccc2)cc1. The van der Waals surface area contributed by atoms with E-state index in [-0.39, 0.29) is 0 Å². The summed E-state index contributed by atoms with van der Waals surface area (Å²) in [5.41, 5.74) is 7.72. The van der Waals surface area contributed by atoms with Gasteiger partial charge in [0.05, 0.1) is 11.4 Å². The second-order valence-corrected chi connectivity index (χ2v) is 10.5. The Balaban J connectivity index is 1.51. The maximum absolute atomic E-state index is 6.78. The number of fused-ring (bicyclic) bond motifs is 3. The van der Waals surface area contributed by atoms with Crippen molar-refractivity contribution in [2.75, 3.05) is 14.2 Å². The van der Waals surface area contributed by atoms with Crippen molar-refractivity contribution in [1.29, 1.82) is 0 Å². The minimum Gasteiger partial charge on any atom is -0.365 e. The summed E-state index contributed by atoms with van der Waals surface area (Å²) >= 11 is 0. The summed E-state index contributed by atoms with van der Waals surface area (Å²) in [4.78, 5) is 9.69. The van der Waals surface area contributed by atoms with Crippen LogP contribution < -0.4 is 0 Å². The highest BCUT2D eigenvalue weighted by Crippen LogP contribution is 2.60. The highest BCUT2D eigenvalue weighted by atomic mass is 16.5. The molecule has 0 radical (unpaired) electrons. The van der Waals surface area contributed by atoms with Gasteiger partial charge in [0, 0.05) is 37.7 Å². The fraction of sp³-hybridized carbons (Fsp3) is 0.105. The first-order chi connectivity index (χ1) is 20.7. The molecule has 4 aromatic carbocycles. The van der Waals surface area contributed by atoms with Crippen LogP contribution in [0, 0.1) is 0 Å². The summed E-state index contributed by atoms with van der Waals surface area (Å²) < 4.78 is 13.6. The van der Waals surface area contributed by atoms with Crippen LogP contribution in [0.4, 0.5) is 0 Å². The first kappa shape index (κ1) is 26.0. The summed E-state index contributed by atoms with van der Waals surface area (Å²) in [6, 6.07) is 46.1. The van der Waals surface area contributed by atoms with Crippen LogP contribution in [0.5, 0.6) is 0 Å². The molecule has 2 aromatic heterocycles. The molecule has 42 heavy (non-hydrogen) atoms. The van der Waals surface area contributed by atoms with Crippen LogP contribution in [0.2, 0.25) is 0 Å². The van der Waals surface area contributed by atoms with Crippen molar-refractivity contribution in [2.45, 2.75) is 11.2 Å². The van der Waals surface area contributed by atoms with Gasteiger partial charge in [0.2, 0.25) is 0 Å². The summed E-state index contributed by atoms with van der Waals surface area (Å²) in [5.74, 6) is 0. The minimum absolute atomic E-state index is 0.788. The molecule has 4 heteroatoms. The molecule has 2 atom stereocenters. The van der Waals surface area contributed by atoms with Gasteiger partial charge in [-0.25, -0.2) is 0 Å². The molecule has 4 nitrogen and oxygen atoms in total. The number of pyridine rings is 2. The monoisotopic (exact) mass is 546 g/mol. The first-order valence-corrected chi connectivity index (χ1v) is 14.1. The van der Waals surface area contributed by atoms with E-state index in [2.05, 4.69) is 109 Å². The van der Waals surface area contributed by atoms with Crippen LogP contribution in [0.1, 0.15) is 22.3 Å². The summed E-state index contributed by atoms with van der Waals surface area (Å²) in [6.07, 6.45) is 3.62. The van der Waals surface area contributed by atoms with E-state index in [0.29, 0.717) is 0 Å². The number of methoxy groups -OCH3 is 2. The topological polar surface area (TPSA) is 44.2 Å². The van der Waals surface area contributed by atoms with E-state index < -0.39 is 11.2 Å². The zero-order valence-electron chi connectivity index (χ0n) is 23.6. The average Bonchev–Trinajstić information content (AvgIpc) is 3.09. The third-order valence-corrected chi connectivity index (χ3v) is 8.50. The number of nitrogens with zero attached hydrogens (tertiary/aromatic N) is 2. The molecule has 0 bridgehead atoms. The van der Waals surface area contributed by atoms with Gasteiger partial charge in [-0.1, -0.05) is 121 Å². The smallest absolute Gasteiger partial charge is 0.157 e. The molecule has 0 unspecified atom stereocenters. The van der Waals surface area contributed by atoms with Crippen LogP contribution in [0.15, 0.2) is 146 Å². The quantitative estimate of drug-likeness (QED) is 0.211. The molecular weight excluding hydrogens is 516 g/mol. The number of aromatic nitrogens is 2. The van der Waals surface area contributed by atoms with E-state index in [1.165, 1.54) is 0 Å². The zero-order chi connectivity index (χ0) is 28.6. The summed E-state index contributed by atoms with van der Waals surface area (Å²) in [7, 11) is 3.52. The first-order valence-electron chi connectivity index (χ1n) is 14.1. The second kappa shape index (κ2) is 10.5. The number of rotatable bonds is 6. The summed E-state index contributed by atoms with van der Waals surface area (Å²) in [6.45, 7) is 0. The average molecular weight is 547 g/mol. The largest absolute Gasteiger partial charge is 0.365 e. The van der Waals surface area contributed by atoms with Crippen molar-refractivity contribution in [3.05, 3.63) is 168 Å². The molecule has 0 spiro atoms. The van der Waals surface area contributed by atoms with Gasteiger partial charge in [-0.15, -0.1) is 0 Å². The van der Waals surface area contributed by atoms with Gasteiger partial charge in [-0.2, -0.15) is 0 Å². The molecule has 0 aliphatic heterocycles. The highest BCUT2D eigenvalue weighted by Gasteiger charge is 2.62. The Kier molecular flexibility index (Phi) is 6.50. The Morgan fingerprint density at radius 3 is 1.12 bits per heavy atom. The third kappa shape index (κ3) is 3.77. The molecule has 7 rings (SSSR count). The molecule has 0 fully saturated rings. The van der Waals surface area contributed by atoms with Crippen molar-refractivity contribution in [1.82, 2.24) is 9.97 Å². The van der Waals surface area contributed by atoms with Gasteiger partial charge in [0.25, 0.3) is 0 Å².